The molecule has 21 N–H and O–H groups in total. The van der Waals surface area contributed by atoms with Gasteiger partial charge < -0.3 is 128 Å². The molecule has 36 heteroatoms. The quantitative estimate of drug-likeness (QED) is 0.0728. The van der Waals surface area contributed by atoms with Gasteiger partial charge in [-0.2, -0.15) is 0 Å². The van der Waals surface area contributed by atoms with Crippen LogP contribution in [0.5, 0.6) is 46.0 Å². The van der Waals surface area contributed by atoms with Gasteiger partial charge in [0.15, 0.2) is 29.9 Å². The van der Waals surface area contributed by atoms with Crippen molar-refractivity contribution in [3.05, 3.63) is 176 Å². The standard InChI is InChI=1S/C66H75Cl2N9O24.C12H9Cl/c1-23(2)12-34(71-5)58(88)76-49-51(83)26-7-10-38(32(67)14-26)97-40-16-28-17-41(55(40)101-65-56(54(86)53(85)42(22-78)99-65)100-44-21-66(4,70)57(87)24(3)96-44)98-39-11-8-27(15-33(39)68)52(84)50-63(93)75-48(64(94)95)31-18-29(79)19-37(81)45(31)30-13-25(6-9-36(30)80)46(60(90)77-50)74-61(91)47(28)73-59(89)35(20-43(69)82)72-62(49)92;13-12-9-5-4-8-11(12)10-6-2-1-3-7-10/h6-11,13-19,23-24,34-35,42,44,46-54,56-57,65,71,78-81,83-87H,12,20-22,70H2,1-5H3,(H2,69,82)(H,72,92)(H,73,89)(H,74,91)(H,75,93)(H,76,88)(H,77,90)(H,94,95);1-9H/t24-,34+,35-,42+,44-,46+,47+,48+,49+,50-,51+,52+,53+,54-,56+,57?,65-,66-;/m0./s1. The number of carboxylic acid groups (broad SMARTS) is 1. The summed E-state index contributed by atoms with van der Waals surface area (Å²) in [6.45, 7) is 5.66. The third-order valence-corrected chi connectivity index (χ3v) is 20.7. The minimum absolute atomic E-state index is 0.0975. The summed E-state index contributed by atoms with van der Waals surface area (Å²) in [6.07, 6.45) is -18.6. The van der Waals surface area contributed by atoms with Gasteiger partial charge in [0, 0.05) is 45.3 Å². The number of rotatable bonds is 14. The second-order valence-electron chi connectivity index (χ2n) is 28.6. The van der Waals surface area contributed by atoms with Crippen molar-refractivity contribution in [1.29, 1.82) is 0 Å². The lowest BCUT2D eigenvalue weighted by Crippen LogP contribution is -2.64. The van der Waals surface area contributed by atoms with E-state index >= 15 is 14.4 Å². The monoisotopic (exact) mass is 1640 g/mol. The molecule has 0 aromatic heterocycles. The molecule has 7 aromatic carbocycles. The number of ether oxygens (including phenoxy) is 6. The summed E-state index contributed by atoms with van der Waals surface area (Å²) < 4.78 is 38.3. The van der Waals surface area contributed by atoms with Crippen LogP contribution in [0.3, 0.4) is 0 Å². The molecule has 7 aliphatic heterocycles. The van der Waals surface area contributed by atoms with E-state index in [1.165, 1.54) is 33.0 Å². The van der Waals surface area contributed by atoms with E-state index in [1.807, 2.05) is 56.3 Å². The highest BCUT2D eigenvalue weighted by molar-refractivity contribution is 6.33. The predicted octanol–water partition coefficient (Wildman–Crippen LogP) is 4.11. The topological polar surface area (TPSA) is 530 Å². The van der Waals surface area contributed by atoms with E-state index in [9.17, 15) is 75.0 Å². The van der Waals surface area contributed by atoms with E-state index < -0.39 is 237 Å². The normalized spacial score (nSPS) is 27.2. The molecule has 114 heavy (non-hydrogen) atoms. The number of carbonyl (C=O) groups is 8. The lowest BCUT2D eigenvalue weighted by molar-refractivity contribution is -0.333. The summed E-state index contributed by atoms with van der Waals surface area (Å²) >= 11 is 20.2. The van der Waals surface area contributed by atoms with Crippen LogP contribution >= 0.6 is 34.8 Å². The predicted molar refractivity (Wildman–Crippen MR) is 406 cm³/mol. The lowest BCUT2D eigenvalue weighted by Gasteiger charge is -2.47. The molecule has 11 bridgehead atoms. The Morgan fingerprint density at radius 2 is 1.25 bits per heavy atom. The number of aliphatic hydroxyl groups is 6. The van der Waals surface area contributed by atoms with E-state index in [1.54, 1.807) is 0 Å². The zero-order chi connectivity index (χ0) is 82.6. The molecule has 0 saturated carbocycles. The number of phenols is 3. The van der Waals surface area contributed by atoms with E-state index in [4.69, 9.17) is 74.7 Å². The van der Waals surface area contributed by atoms with Crippen LogP contribution in [-0.4, -0.2) is 191 Å². The molecule has 7 aromatic rings. The highest BCUT2D eigenvalue weighted by atomic mass is 35.5. The number of nitrogens with one attached hydrogen (secondary N) is 7. The Balaban J connectivity index is 0.000000889. The number of hydrogen-bond donors (Lipinski definition) is 19. The van der Waals surface area contributed by atoms with Crippen LogP contribution in [-0.2, 0) is 52.6 Å². The van der Waals surface area contributed by atoms with E-state index in [-0.39, 0.29) is 46.2 Å². The first-order chi connectivity index (χ1) is 54.0. The molecule has 1 unspecified atom stereocenters. The van der Waals surface area contributed by atoms with E-state index in [0.717, 1.165) is 82.9 Å². The van der Waals surface area contributed by atoms with Crippen LogP contribution in [0.4, 0.5) is 0 Å². The second-order valence-corrected chi connectivity index (χ2v) is 29.8. The third-order valence-electron chi connectivity index (χ3n) is 19.7. The minimum Gasteiger partial charge on any atom is -0.508 e. The minimum atomic E-state index is -2.35. The number of phenolic OH excluding ortho intramolecular Hbond substituents is 3. The van der Waals surface area contributed by atoms with Crippen LogP contribution in [0.1, 0.15) is 105 Å². The molecule has 33 nitrogen and oxygen atoms in total. The van der Waals surface area contributed by atoms with E-state index in [0.29, 0.717) is 0 Å². The molecular weight excluding hydrogens is 1550 g/mol. The number of aromatic hydroxyl groups is 3. The summed E-state index contributed by atoms with van der Waals surface area (Å²) in [5.41, 5.74) is 10.3. The fourth-order valence-corrected chi connectivity index (χ4v) is 14.5. The Labute approximate surface area is 665 Å². The van der Waals surface area contributed by atoms with Crippen LogP contribution < -0.4 is 62.9 Å². The van der Waals surface area contributed by atoms with Crippen molar-refractivity contribution < 1.29 is 118 Å². The summed E-state index contributed by atoms with van der Waals surface area (Å²) in [6, 6.07) is 17.3. The largest absolute Gasteiger partial charge is 0.508 e. The Morgan fingerprint density at radius 1 is 0.649 bits per heavy atom. The molecule has 7 heterocycles. The number of carbonyl (C=O) groups excluding carboxylic acids is 7. The van der Waals surface area contributed by atoms with Gasteiger partial charge in [-0.25, -0.2) is 4.79 Å². The third kappa shape index (κ3) is 18.7. The SMILES string of the molecule is CN[C@H](CC(C)C)C(=O)N[C@H]1C(=O)N[C@@H](CC(N)=O)C(=O)N[C@H]2C(=O)N[C@H]3C(=O)N[C@H](C(=O)N[C@@H](C(=O)O)c4cc(O)cc(O)c4-c4cc3ccc4O)[C@H](O)c3ccc(c(Cl)c3)Oc3cc2cc(c3O[C@@H]2O[C@H](CO)[C@@H](O)[C@H](O)[C@H]2O[C@H]2C[C@](C)(N)C(O)[C@H](C)O2)Oc2ccc(cc2Cl)[C@H]1O.Clc1ccccc1-c1ccccc1. The number of aliphatic hydroxyl groups excluding tert-OH is 6. The Morgan fingerprint density at radius 3 is 1.85 bits per heavy atom. The average Bonchev–Trinajstić information content (AvgIpc) is 0.761. The van der Waals surface area contributed by atoms with Gasteiger partial charge in [-0.05, 0) is 122 Å². The molecule has 0 aliphatic carbocycles. The highest BCUT2D eigenvalue weighted by Gasteiger charge is 2.52. The van der Waals surface area contributed by atoms with Gasteiger partial charge >= 0.3 is 5.97 Å². The molecule has 7 amide bonds. The van der Waals surface area contributed by atoms with Crippen molar-refractivity contribution in [3.63, 3.8) is 0 Å². The first-order valence-corrected chi connectivity index (χ1v) is 36.9. The molecule has 2 saturated heterocycles. The van der Waals surface area contributed by atoms with Crippen molar-refractivity contribution in [2.45, 2.75) is 156 Å². The highest BCUT2D eigenvalue weighted by Crippen LogP contribution is 2.50. The molecule has 14 rings (SSSR count). The molecule has 18 atom stereocenters. The summed E-state index contributed by atoms with van der Waals surface area (Å²) in [5.74, 6) is -16.0. The van der Waals surface area contributed by atoms with Gasteiger partial charge in [-0.15, -0.1) is 0 Å². The van der Waals surface area contributed by atoms with Crippen molar-refractivity contribution in [2.24, 2.45) is 17.4 Å². The van der Waals surface area contributed by atoms with Crippen molar-refractivity contribution in [2.75, 3.05) is 13.7 Å². The molecule has 2 fully saturated rings. The number of primary amides is 1. The van der Waals surface area contributed by atoms with Gasteiger partial charge in [0.1, 0.15) is 89.5 Å². The maximum Gasteiger partial charge on any atom is 0.330 e. The van der Waals surface area contributed by atoms with Crippen molar-refractivity contribution >= 4 is 82.1 Å². The van der Waals surface area contributed by atoms with Gasteiger partial charge in [-0.1, -0.05) is 115 Å². The molecule has 7 aliphatic rings. The number of fused-ring (bicyclic) bond motifs is 15. The second kappa shape index (κ2) is 35.5. The Kier molecular flexibility index (Phi) is 26.3. The number of hydrogen-bond acceptors (Lipinski definition) is 25. The zero-order valence-corrected chi connectivity index (χ0v) is 63.7. The van der Waals surface area contributed by atoms with Gasteiger partial charge in [0.05, 0.1) is 41.3 Å². The number of likely N-dealkylation sites (N-methyl/N-ethyl adjacent to an activating group) is 1. The summed E-state index contributed by atoms with van der Waals surface area (Å²) in [7, 11) is 1.47. The molecule has 606 valence electrons. The van der Waals surface area contributed by atoms with Crippen molar-refractivity contribution in [1.82, 2.24) is 37.2 Å². The van der Waals surface area contributed by atoms with Crippen LogP contribution in [0.15, 0.2) is 133 Å². The fourth-order valence-electron chi connectivity index (χ4n) is 13.8. The van der Waals surface area contributed by atoms with E-state index in [2.05, 4.69) is 49.4 Å². The van der Waals surface area contributed by atoms with Crippen LogP contribution in [0.2, 0.25) is 15.1 Å². The number of aliphatic carboxylic acids is 1. The first-order valence-electron chi connectivity index (χ1n) is 35.8. The van der Waals surface area contributed by atoms with Crippen molar-refractivity contribution in [3.8, 4) is 68.2 Å². The number of benzene rings is 7. The number of nitrogens with two attached hydrogens (primary N) is 2. The molecule has 0 spiro atoms. The number of amides is 7. The van der Waals surface area contributed by atoms with Crippen LogP contribution in [0, 0.1) is 5.92 Å². The maximum atomic E-state index is 16.0. The summed E-state index contributed by atoms with van der Waals surface area (Å²) in [4.78, 5) is 117. The Hall–Kier alpha value is -10.5. The van der Waals surface area contributed by atoms with Gasteiger partial charge in [0.2, 0.25) is 53.4 Å². The van der Waals surface area contributed by atoms with Gasteiger partial charge in [-0.3, -0.25) is 33.6 Å². The average molecular weight is 1640 g/mol. The molecular formula is C78H84Cl3N9O24. The number of halogens is 3. The molecule has 0 radical (unpaired) electrons. The fraction of sp³-hybridized carbons (Fsp3) is 0.359. The lowest BCUT2D eigenvalue weighted by atomic mass is 9.86. The number of carboxylic acids is 1. The van der Waals surface area contributed by atoms with Crippen LogP contribution in [0.25, 0.3) is 22.3 Å². The smallest absolute Gasteiger partial charge is 0.330 e. The Bertz CT molecular complexity index is 4820. The van der Waals surface area contributed by atoms with Gasteiger partial charge in [0.25, 0.3) is 0 Å². The summed E-state index contributed by atoms with van der Waals surface area (Å²) in [5, 5.41) is 131. The zero-order valence-electron chi connectivity index (χ0n) is 61.4. The maximum absolute atomic E-state index is 16.0. The first kappa shape index (κ1) is 84.4.